The maximum atomic E-state index is 14.6. The molecule has 2 aliphatic rings. The van der Waals surface area contributed by atoms with Crippen molar-refractivity contribution in [2.75, 3.05) is 13.1 Å². The van der Waals surface area contributed by atoms with Gasteiger partial charge in [-0.1, -0.05) is 106 Å². The van der Waals surface area contributed by atoms with E-state index in [1.54, 1.807) is 30.3 Å². The fourth-order valence-corrected chi connectivity index (χ4v) is 9.39. The van der Waals surface area contributed by atoms with Crippen LogP contribution < -0.4 is 43.4 Å². The Morgan fingerprint density at radius 3 is 1.41 bits per heavy atom. The smallest absolute Gasteiger partial charge is 0.326 e. The standard InChI is InChI=1S/C53H86N10O11/c1-11-33(10)44(55)50(70)58-36(24-30(4)5)45(65)60-39(28-43(54)64)52(72)63-22-16-20-42(63)49(69)57-37(27-34-17-13-12-14-18-34)47(67)59-38(25-31(6)7)51(71)62-21-15-19-41(62)48(68)56-35(23-29(2)3)46(66)61-40(53(73)74)26-32(8)9/h12-14,17-18,29-33,35-42,44H,11,15-16,19-28,55H2,1-10H3,(H2,54,64)(H,56,68)(H,57,69)(H,58,70)(H,59,67)(H,60,65)(H,61,66)(H,73,74)/t33-,35-,36-,37-,38-,39-,40-,41-,42-,44-/m0/s1. The number of carbonyl (C=O) groups excluding carboxylic acids is 9. The van der Waals surface area contributed by atoms with Crippen LogP contribution in [0.5, 0.6) is 0 Å². The van der Waals surface area contributed by atoms with Crippen LogP contribution >= 0.6 is 0 Å². The maximum absolute atomic E-state index is 14.6. The normalized spacial score (nSPS) is 18.9. The van der Waals surface area contributed by atoms with Crippen LogP contribution in [0.2, 0.25) is 0 Å². The number of rotatable bonds is 29. The summed E-state index contributed by atoms with van der Waals surface area (Å²) >= 11 is 0. The molecule has 1 aromatic rings. The lowest BCUT2D eigenvalue weighted by Gasteiger charge is -2.32. The van der Waals surface area contributed by atoms with Crippen LogP contribution in [0.4, 0.5) is 0 Å². The van der Waals surface area contributed by atoms with Gasteiger partial charge in [0.15, 0.2) is 0 Å². The first-order valence-electron chi connectivity index (χ1n) is 26.5. The minimum atomic E-state index is -1.50. The van der Waals surface area contributed by atoms with Gasteiger partial charge in [0.1, 0.15) is 48.3 Å². The van der Waals surface area contributed by atoms with Crippen LogP contribution in [0.15, 0.2) is 30.3 Å². The molecule has 2 saturated heterocycles. The van der Waals surface area contributed by atoms with Gasteiger partial charge >= 0.3 is 5.97 Å². The SMILES string of the molecule is CC[C@H](C)[C@H](N)C(=O)N[C@@H](CC(C)C)C(=O)N[C@@H](CC(N)=O)C(=O)N1CCC[C@H]1C(=O)N[C@@H](Cc1ccccc1)C(=O)N[C@@H](CC(C)C)C(=O)N1CCC[C@H]1C(=O)N[C@@H](CC(C)C)C(=O)N[C@@H](CC(C)C)C(=O)O. The molecule has 9 amide bonds. The molecule has 2 fully saturated rings. The first kappa shape index (κ1) is 62.2. The average molecular weight is 1040 g/mol. The molecular formula is C53H86N10O11. The number of hydrogen-bond donors (Lipinski definition) is 9. The summed E-state index contributed by atoms with van der Waals surface area (Å²) in [5.41, 5.74) is 12.4. The first-order valence-corrected chi connectivity index (χ1v) is 26.5. The fraction of sp³-hybridized carbons (Fsp3) is 0.698. The van der Waals surface area contributed by atoms with Gasteiger partial charge in [0.2, 0.25) is 53.2 Å². The zero-order chi connectivity index (χ0) is 55.6. The van der Waals surface area contributed by atoms with Crippen molar-refractivity contribution in [1.82, 2.24) is 41.7 Å². The molecule has 0 spiro atoms. The van der Waals surface area contributed by atoms with Gasteiger partial charge < -0.3 is 58.3 Å². The minimum absolute atomic E-state index is 0.0143. The Morgan fingerprint density at radius 2 is 0.946 bits per heavy atom. The second-order valence-corrected chi connectivity index (χ2v) is 21.9. The number of carboxylic acids is 1. The lowest BCUT2D eigenvalue weighted by Crippen LogP contribution is -2.60. The van der Waals surface area contributed by atoms with E-state index in [1.807, 2.05) is 69.2 Å². The van der Waals surface area contributed by atoms with Crippen molar-refractivity contribution >= 4 is 59.1 Å². The Morgan fingerprint density at radius 1 is 0.554 bits per heavy atom. The molecule has 3 rings (SSSR count). The van der Waals surface area contributed by atoms with E-state index in [-0.39, 0.29) is 87.6 Å². The Kier molecular flexibility index (Phi) is 24.9. The summed E-state index contributed by atoms with van der Waals surface area (Å²) in [6, 6.07) is -1.43. The molecule has 0 radical (unpaired) electrons. The molecule has 0 aliphatic carbocycles. The molecule has 0 bridgehead atoms. The van der Waals surface area contributed by atoms with E-state index in [0.717, 1.165) is 0 Å². The van der Waals surface area contributed by atoms with Gasteiger partial charge in [-0.15, -0.1) is 0 Å². The molecule has 414 valence electrons. The summed E-state index contributed by atoms with van der Waals surface area (Å²) in [6.07, 6.45) is 2.03. The molecule has 74 heavy (non-hydrogen) atoms. The molecule has 0 saturated carbocycles. The Labute approximate surface area is 436 Å². The molecule has 0 aromatic heterocycles. The summed E-state index contributed by atoms with van der Waals surface area (Å²) < 4.78 is 0. The third-order valence-corrected chi connectivity index (χ3v) is 13.5. The largest absolute Gasteiger partial charge is 0.480 e. The number of nitrogens with one attached hydrogen (secondary N) is 6. The van der Waals surface area contributed by atoms with Gasteiger partial charge in [-0.3, -0.25) is 43.2 Å². The molecule has 2 heterocycles. The topological polar surface area (TPSA) is 322 Å². The summed E-state index contributed by atoms with van der Waals surface area (Å²) in [6.45, 7) is 18.8. The predicted molar refractivity (Wildman–Crippen MR) is 278 cm³/mol. The third kappa shape index (κ3) is 19.3. The monoisotopic (exact) mass is 1040 g/mol. The molecule has 0 unspecified atom stereocenters. The molecule has 11 N–H and O–H groups in total. The number of amides is 9. The van der Waals surface area contributed by atoms with Crippen molar-refractivity contribution in [1.29, 1.82) is 0 Å². The quantitative estimate of drug-likeness (QED) is 0.0553. The number of primary amides is 1. The number of nitrogens with zero attached hydrogens (tertiary/aromatic N) is 2. The molecule has 21 heteroatoms. The van der Waals surface area contributed by atoms with Gasteiger partial charge in [0.25, 0.3) is 0 Å². The van der Waals surface area contributed by atoms with E-state index in [4.69, 9.17) is 11.5 Å². The van der Waals surface area contributed by atoms with Gasteiger partial charge in [-0.25, -0.2) is 4.79 Å². The van der Waals surface area contributed by atoms with Crippen molar-refractivity contribution < 1.29 is 53.1 Å². The lowest BCUT2D eigenvalue weighted by atomic mass is 9.97. The van der Waals surface area contributed by atoms with Gasteiger partial charge in [0.05, 0.1) is 12.5 Å². The predicted octanol–water partition coefficient (Wildman–Crippen LogP) is 1.64. The Balaban J connectivity index is 1.88. The number of carbonyl (C=O) groups is 10. The summed E-state index contributed by atoms with van der Waals surface area (Å²) in [5.74, 6) is -7.77. The van der Waals surface area contributed by atoms with Crippen LogP contribution in [0.3, 0.4) is 0 Å². The highest BCUT2D eigenvalue weighted by Gasteiger charge is 2.43. The van der Waals surface area contributed by atoms with Gasteiger partial charge in [0, 0.05) is 19.5 Å². The molecule has 2 aliphatic heterocycles. The third-order valence-electron chi connectivity index (χ3n) is 13.5. The van der Waals surface area contributed by atoms with E-state index < -0.39 is 120 Å². The lowest BCUT2D eigenvalue weighted by molar-refractivity contribution is -0.144. The number of likely N-dealkylation sites (tertiary alicyclic amines) is 2. The van der Waals surface area contributed by atoms with E-state index in [9.17, 15) is 53.1 Å². The summed E-state index contributed by atoms with van der Waals surface area (Å²) in [7, 11) is 0. The van der Waals surface area contributed by atoms with E-state index in [0.29, 0.717) is 24.8 Å². The number of benzene rings is 1. The zero-order valence-electron chi connectivity index (χ0n) is 45.2. The van der Waals surface area contributed by atoms with Crippen molar-refractivity contribution in [2.45, 2.75) is 194 Å². The number of carboxylic acid groups (broad SMARTS) is 1. The van der Waals surface area contributed by atoms with Crippen LogP contribution in [0.25, 0.3) is 0 Å². The van der Waals surface area contributed by atoms with E-state index in [1.165, 1.54) is 9.80 Å². The van der Waals surface area contributed by atoms with Crippen molar-refractivity contribution in [3.63, 3.8) is 0 Å². The highest BCUT2D eigenvalue weighted by molar-refractivity contribution is 5.99. The number of hydrogen-bond acceptors (Lipinski definition) is 11. The molecular weight excluding hydrogens is 953 g/mol. The number of aliphatic carboxylic acids is 1. The molecule has 21 nitrogen and oxygen atoms in total. The van der Waals surface area contributed by atoms with Crippen LogP contribution in [0, 0.1) is 29.6 Å². The Bertz CT molecular complexity index is 2100. The zero-order valence-corrected chi connectivity index (χ0v) is 45.2. The average Bonchev–Trinajstić information content (AvgIpc) is 4.03. The molecule has 10 atom stereocenters. The second kappa shape index (κ2) is 29.7. The van der Waals surface area contributed by atoms with Crippen LogP contribution in [-0.4, -0.2) is 142 Å². The highest BCUT2D eigenvalue weighted by atomic mass is 16.4. The first-order chi connectivity index (χ1) is 34.7. The van der Waals surface area contributed by atoms with E-state index in [2.05, 4.69) is 31.9 Å². The van der Waals surface area contributed by atoms with Gasteiger partial charge in [-0.2, -0.15) is 0 Å². The van der Waals surface area contributed by atoms with Crippen LogP contribution in [-0.2, 0) is 54.4 Å². The highest BCUT2D eigenvalue weighted by Crippen LogP contribution is 2.23. The summed E-state index contributed by atoms with van der Waals surface area (Å²) in [4.78, 5) is 139. The molecule has 1 aromatic carbocycles. The minimum Gasteiger partial charge on any atom is -0.480 e. The van der Waals surface area contributed by atoms with Gasteiger partial charge in [-0.05, 0) is 86.5 Å². The number of nitrogens with two attached hydrogens (primary N) is 2. The van der Waals surface area contributed by atoms with Crippen molar-refractivity contribution in [2.24, 2.45) is 41.1 Å². The van der Waals surface area contributed by atoms with Crippen LogP contribution in [0.1, 0.15) is 139 Å². The van der Waals surface area contributed by atoms with E-state index >= 15 is 0 Å². The fourth-order valence-electron chi connectivity index (χ4n) is 9.39. The second-order valence-electron chi connectivity index (χ2n) is 21.9. The van der Waals surface area contributed by atoms with Crippen molar-refractivity contribution in [3.8, 4) is 0 Å². The van der Waals surface area contributed by atoms with Crippen molar-refractivity contribution in [3.05, 3.63) is 35.9 Å². The summed E-state index contributed by atoms with van der Waals surface area (Å²) in [5, 5.41) is 26.2. The Hall–Kier alpha value is -6.12. The maximum Gasteiger partial charge on any atom is 0.326 e.